The molecule has 0 amide bonds. The van der Waals surface area contributed by atoms with Gasteiger partial charge in [0.25, 0.3) is 0 Å². The SMILES string of the molecule is Cl.O=C(Cc1cccs1)CN1CCCCC1. The molecule has 4 heteroatoms. The molecule has 1 saturated heterocycles. The summed E-state index contributed by atoms with van der Waals surface area (Å²) in [5, 5.41) is 2.03. The topological polar surface area (TPSA) is 20.3 Å². The van der Waals surface area contributed by atoms with Crippen LogP contribution >= 0.6 is 23.7 Å². The van der Waals surface area contributed by atoms with Gasteiger partial charge in [-0.15, -0.1) is 23.7 Å². The maximum Gasteiger partial charge on any atom is 0.152 e. The van der Waals surface area contributed by atoms with E-state index in [1.165, 1.54) is 24.1 Å². The van der Waals surface area contributed by atoms with Crippen LogP contribution < -0.4 is 0 Å². The smallest absolute Gasteiger partial charge is 0.152 e. The van der Waals surface area contributed by atoms with Gasteiger partial charge in [0.15, 0.2) is 5.78 Å². The summed E-state index contributed by atoms with van der Waals surface area (Å²) in [6, 6.07) is 4.05. The number of thiophene rings is 1. The Kier molecular flexibility index (Phi) is 6.03. The molecule has 1 fully saturated rings. The van der Waals surface area contributed by atoms with Gasteiger partial charge in [-0.1, -0.05) is 12.5 Å². The normalized spacial score (nSPS) is 16.8. The Hall–Kier alpha value is -0.380. The standard InChI is InChI=1S/C12H17NOS.ClH/c14-11(9-12-5-4-8-15-12)10-13-6-2-1-3-7-13;/h4-5,8H,1-3,6-7,9-10H2;1H. The lowest BCUT2D eigenvalue weighted by Crippen LogP contribution is -2.34. The number of nitrogens with zero attached hydrogens (tertiary/aromatic N) is 1. The summed E-state index contributed by atoms with van der Waals surface area (Å²) >= 11 is 1.67. The van der Waals surface area contributed by atoms with Crippen LogP contribution in [-0.4, -0.2) is 30.3 Å². The molecule has 0 saturated carbocycles. The fourth-order valence-corrected chi connectivity index (χ4v) is 2.76. The van der Waals surface area contributed by atoms with Crippen LogP contribution in [0.4, 0.5) is 0 Å². The molecule has 0 aliphatic carbocycles. The number of likely N-dealkylation sites (tertiary alicyclic amines) is 1. The van der Waals surface area contributed by atoms with Gasteiger partial charge in [0.05, 0.1) is 6.54 Å². The van der Waals surface area contributed by atoms with Crippen LogP contribution in [0.3, 0.4) is 0 Å². The second kappa shape index (κ2) is 7.05. The molecular formula is C12H18ClNOS. The minimum absolute atomic E-state index is 0. The lowest BCUT2D eigenvalue weighted by molar-refractivity contribution is -0.119. The summed E-state index contributed by atoms with van der Waals surface area (Å²) in [6.07, 6.45) is 4.46. The highest BCUT2D eigenvalue weighted by molar-refractivity contribution is 7.10. The molecule has 0 unspecified atom stereocenters. The van der Waals surface area contributed by atoms with Crippen molar-refractivity contribution in [1.82, 2.24) is 4.90 Å². The van der Waals surface area contributed by atoms with E-state index < -0.39 is 0 Å². The summed E-state index contributed by atoms with van der Waals surface area (Å²) < 4.78 is 0. The first-order chi connectivity index (χ1) is 7.34. The van der Waals surface area contributed by atoms with Gasteiger partial charge in [0.1, 0.15) is 0 Å². The molecule has 0 N–H and O–H groups in total. The molecular weight excluding hydrogens is 242 g/mol. The number of rotatable bonds is 4. The molecule has 2 heterocycles. The van der Waals surface area contributed by atoms with Crippen LogP contribution in [0.5, 0.6) is 0 Å². The zero-order valence-electron chi connectivity index (χ0n) is 9.35. The fraction of sp³-hybridized carbons (Fsp3) is 0.583. The highest BCUT2D eigenvalue weighted by Crippen LogP contribution is 2.12. The van der Waals surface area contributed by atoms with Crippen molar-refractivity contribution in [2.75, 3.05) is 19.6 Å². The highest BCUT2D eigenvalue weighted by Gasteiger charge is 2.14. The quantitative estimate of drug-likeness (QED) is 0.829. The van der Waals surface area contributed by atoms with Crippen molar-refractivity contribution >= 4 is 29.5 Å². The number of carbonyl (C=O) groups is 1. The Labute approximate surface area is 107 Å². The summed E-state index contributed by atoms with van der Waals surface area (Å²) in [6.45, 7) is 2.87. The second-order valence-electron chi connectivity index (χ2n) is 4.13. The second-order valence-corrected chi connectivity index (χ2v) is 5.16. The lowest BCUT2D eigenvalue weighted by atomic mass is 10.1. The van der Waals surface area contributed by atoms with Crippen molar-refractivity contribution in [3.8, 4) is 0 Å². The third-order valence-corrected chi connectivity index (χ3v) is 3.68. The molecule has 0 bridgehead atoms. The first-order valence-corrected chi connectivity index (χ1v) is 6.49. The molecule has 1 aliphatic rings. The van der Waals surface area contributed by atoms with E-state index in [4.69, 9.17) is 0 Å². The number of ketones is 1. The summed E-state index contributed by atoms with van der Waals surface area (Å²) in [5.74, 6) is 0.361. The van der Waals surface area contributed by atoms with Crippen LogP contribution in [0.15, 0.2) is 17.5 Å². The molecule has 1 aliphatic heterocycles. The van der Waals surface area contributed by atoms with Crippen molar-refractivity contribution in [3.05, 3.63) is 22.4 Å². The monoisotopic (exact) mass is 259 g/mol. The van der Waals surface area contributed by atoms with Gasteiger partial charge in [-0.05, 0) is 37.4 Å². The predicted octanol–water partition coefficient (Wildman–Crippen LogP) is 2.77. The molecule has 16 heavy (non-hydrogen) atoms. The van der Waals surface area contributed by atoms with E-state index in [2.05, 4.69) is 4.90 Å². The largest absolute Gasteiger partial charge is 0.298 e. The summed E-state index contributed by atoms with van der Waals surface area (Å²) in [5.41, 5.74) is 0. The van der Waals surface area contributed by atoms with Crippen LogP contribution in [0.1, 0.15) is 24.1 Å². The third kappa shape index (κ3) is 4.24. The number of carbonyl (C=O) groups excluding carboxylic acids is 1. The molecule has 0 spiro atoms. The van der Waals surface area contributed by atoms with E-state index in [0.717, 1.165) is 13.1 Å². The zero-order valence-corrected chi connectivity index (χ0v) is 11.0. The van der Waals surface area contributed by atoms with Gasteiger partial charge in [0, 0.05) is 11.3 Å². The minimum atomic E-state index is 0. The minimum Gasteiger partial charge on any atom is -0.298 e. The van der Waals surface area contributed by atoms with Crippen molar-refractivity contribution in [3.63, 3.8) is 0 Å². The molecule has 90 valence electrons. The van der Waals surface area contributed by atoms with E-state index in [0.29, 0.717) is 18.7 Å². The Balaban J connectivity index is 0.00000128. The zero-order chi connectivity index (χ0) is 10.5. The first-order valence-electron chi connectivity index (χ1n) is 5.61. The van der Waals surface area contributed by atoms with Gasteiger partial charge in [-0.2, -0.15) is 0 Å². The Morgan fingerprint density at radius 3 is 2.69 bits per heavy atom. The van der Waals surface area contributed by atoms with Crippen LogP contribution in [0.2, 0.25) is 0 Å². The van der Waals surface area contributed by atoms with Gasteiger partial charge >= 0.3 is 0 Å². The van der Waals surface area contributed by atoms with Crippen molar-refractivity contribution in [2.45, 2.75) is 25.7 Å². The van der Waals surface area contributed by atoms with Crippen molar-refractivity contribution < 1.29 is 4.79 Å². The van der Waals surface area contributed by atoms with E-state index in [9.17, 15) is 4.79 Å². The predicted molar refractivity (Wildman–Crippen MR) is 70.6 cm³/mol. The number of Topliss-reactive ketones (excluding diaryl/α,β-unsaturated/α-hetero) is 1. The van der Waals surface area contributed by atoms with E-state index in [-0.39, 0.29) is 12.4 Å². The first kappa shape index (κ1) is 13.7. The third-order valence-electron chi connectivity index (χ3n) is 2.80. The van der Waals surface area contributed by atoms with Crippen LogP contribution in [0, 0.1) is 0 Å². The lowest BCUT2D eigenvalue weighted by Gasteiger charge is -2.25. The van der Waals surface area contributed by atoms with Gasteiger partial charge in [0.2, 0.25) is 0 Å². The van der Waals surface area contributed by atoms with E-state index in [1.807, 2.05) is 17.5 Å². The number of piperidine rings is 1. The molecule has 1 aromatic rings. The Morgan fingerprint density at radius 2 is 2.06 bits per heavy atom. The van der Waals surface area contributed by atoms with Crippen LogP contribution in [0.25, 0.3) is 0 Å². The number of hydrogen-bond donors (Lipinski definition) is 0. The Morgan fingerprint density at radius 1 is 1.31 bits per heavy atom. The number of hydrogen-bond acceptors (Lipinski definition) is 3. The molecule has 1 aromatic heterocycles. The molecule has 2 rings (SSSR count). The molecule has 2 nitrogen and oxygen atoms in total. The maximum atomic E-state index is 11.7. The van der Waals surface area contributed by atoms with Gasteiger partial charge in [-0.3, -0.25) is 9.69 Å². The molecule has 0 radical (unpaired) electrons. The average molecular weight is 260 g/mol. The number of halogens is 1. The van der Waals surface area contributed by atoms with Crippen molar-refractivity contribution in [2.24, 2.45) is 0 Å². The molecule has 0 aromatic carbocycles. The van der Waals surface area contributed by atoms with Crippen LogP contribution in [-0.2, 0) is 11.2 Å². The summed E-state index contributed by atoms with van der Waals surface area (Å²) in [7, 11) is 0. The van der Waals surface area contributed by atoms with Gasteiger partial charge in [-0.25, -0.2) is 0 Å². The Bertz CT molecular complexity index is 307. The van der Waals surface area contributed by atoms with Crippen molar-refractivity contribution in [1.29, 1.82) is 0 Å². The maximum absolute atomic E-state index is 11.7. The highest BCUT2D eigenvalue weighted by atomic mass is 35.5. The van der Waals surface area contributed by atoms with Gasteiger partial charge < -0.3 is 0 Å². The summed E-state index contributed by atoms with van der Waals surface area (Å²) in [4.78, 5) is 15.2. The van der Waals surface area contributed by atoms with E-state index in [1.54, 1.807) is 11.3 Å². The molecule has 0 atom stereocenters. The van der Waals surface area contributed by atoms with E-state index >= 15 is 0 Å². The average Bonchev–Trinajstić information content (AvgIpc) is 2.71. The fourth-order valence-electron chi connectivity index (χ4n) is 2.03.